The zero-order valence-corrected chi connectivity index (χ0v) is 11.6. The minimum Gasteiger partial charge on any atom is -0.368 e. The van der Waals surface area contributed by atoms with Gasteiger partial charge in [0.1, 0.15) is 11.6 Å². The maximum atomic E-state index is 14.1. The number of benzene rings is 2. The molecule has 0 aliphatic heterocycles. The van der Waals surface area contributed by atoms with Crippen LogP contribution in [0.15, 0.2) is 42.5 Å². The summed E-state index contributed by atoms with van der Waals surface area (Å²) in [5.41, 5.74) is 7.53. The van der Waals surface area contributed by atoms with E-state index in [1.54, 1.807) is 49.2 Å². The van der Waals surface area contributed by atoms with E-state index < -0.39 is 0 Å². The standard InChI is InChI=1S/C16H18F2N2/c1-11(19)13-7-5-9-15(18)16(13)20(2)10-12-6-3-4-8-14(12)17/h3-9,11H,10,19H2,1-2H3. The first-order chi connectivity index (χ1) is 9.50. The van der Waals surface area contributed by atoms with E-state index >= 15 is 0 Å². The average Bonchev–Trinajstić information content (AvgIpc) is 2.40. The quantitative estimate of drug-likeness (QED) is 0.924. The Labute approximate surface area is 117 Å². The lowest BCUT2D eigenvalue weighted by atomic mass is 10.0. The Balaban J connectivity index is 2.34. The van der Waals surface area contributed by atoms with E-state index in [4.69, 9.17) is 5.73 Å². The van der Waals surface area contributed by atoms with Crippen molar-refractivity contribution in [1.29, 1.82) is 0 Å². The van der Waals surface area contributed by atoms with Crippen LogP contribution in [0.3, 0.4) is 0 Å². The minimum absolute atomic E-state index is 0.285. The highest BCUT2D eigenvalue weighted by Gasteiger charge is 2.16. The number of para-hydroxylation sites is 1. The van der Waals surface area contributed by atoms with Crippen LogP contribution in [0, 0.1) is 11.6 Å². The average molecular weight is 276 g/mol. The number of nitrogens with two attached hydrogens (primary N) is 1. The molecule has 0 saturated carbocycles. The molecular weight excluding hydrogens is 258 g/mol. The van der Waals surface area contributed by atoms with Crippen molar-refractivity contribution in [2.75, 3.05) is 11.9 Å². The van der Waals surface area contributed by atoms with Crippen LogP contribution >= 0.6 is 0 Å². The van der Waals surface area contributed by atoms with Gasteiger partial charge in [0.05, 0.1) is 5.69 Å². The van der Waals surface area contributed by atoms with Gasteiger partial charge in [0.2, 0.25) is 0 Å². The third kappa shape index (κ3) is 2.96. The van der Waals surface area contributed by atoms with Gasteiger partial charge in [0.15, 0.2) is 0 Å². The third-order valence-corrected chi connectivity index (χ3v) is 3.26. The van der Waals surface area contributed by atoms with Crippen molar-refractivity contribution in [3.63, 3.8) is 0 Å². The molecule has 1 atom stereocenters. The van der Waals surface area contributed by atoms with Crippen LogP contribution in [0.25, 0.3) is 0 Å². The third-order valence-electron chi connectivity index (χ3n) is 3.26. The van der Waals surface area contributed by atoms with Crippen LogP contribution in [0.1, 0.15) is 24.1 Å². The van der Waals surface area contributed by atoms with E-state index in [9.17, 15) is 8.78 Å². The largest absolute Gasteiger partial charge is 0.368 e. The van der Waals surface area contributed by atoms with Crippen molar-refractivity contribution in [2.45, 2.75) is 19.5 Å². The summed E-state index contributed by atoms with van der Waals surface area (Å²) < 4.78 is 27.8. The molecule has 0 spiro atoms. The molecule has 2 aromatic rings. The number of nitrogens with zero attached hydrogens (tertiary/aromatic N) is 1. The van der Waals surface area contributed by atoms with Crippen molar-refractivity contribution in [3.05, 3.63) is 65.2 Å². The minimum atomic E-state index is -0.348. The van der Waals surface area contributed by atoms with Gasteiger partial charge in [0, 0.05) is 25.2 Å². The number of hydrogen-bond acceptors (Lipinski definition) is 2. The summed E-state index contributed by atoms with van der Waals surface area (Å²) in [4.78, 5) is 1.69. The van der Waals surface area contributed by atoms with Crippen molar-refractivity contribution >= 4 is 5.69 Å². The summed E-state index contributed by atoms with van der Waals surface area (Å²) in [5.74, 6) is -0.642. The fourth-order valence-corrected chi connectivity index (χ4v) is 2.26. The summed E-state index contributed by atoms with van der Waals surface area (Å²) in [6.07, 6.45) is 0. The molecule has 1 unspecified atom stereocenters. The van der Waals surface area contributed by atoms with E-state index in [0.717, 1.165) is 0 Å². The van der Waals surface area contributed by atoms with Gasteiger partial charge >= 0.3 is 0 Å². The van der Waals surface area contributed by atoms with Gasteiger partial charge in [-0.05, 0) is 24.6 Å². The molecule has 0 aliphatic rings. The van der Waals surface area contributed by atoms with Crippen LogP contribution in [-0.4, -0.2) is 7.05 Å². The highest BCUT2D eigenvalue weighted by molar-refractivity contribution is 5.55. The Morgan fingerprint density at radius 1 is 1.05 bits per heavy atom. The fraction of sp³-hybridized carbons (Fsp3) is 0.250. The van der Waals surface area contributed by atoms with Crippen molar-refractivity contribution < 1.29 is 8.78 Å². The second-order valence-corrected chi connectivity index (χ2v) is 4.91. The molecular formula is C16H18F2N2. The first-order valence-corrected chi connectivity index (χ1v) is 6.49. The lowest BCUT2D eigenvalue weighted by Gasteiger charge is -2.24. The molecule has 2 aromatic carbocycles. The molecule has 2 rings (SSSR count). The Hall–Kier alpha value is -1.94. The fourth-order valence-electron chi connectivity index (χ4n) is 2.26. The van der Waals surface area contributed by atoms with Crippen LogP contribution in [0.5, 0.6) is 0 Å². The summed E-state index contributed by atoms with van der Waals surface area (Å²) >= 11 is 0. The molecule has 0 saturated heterocycles. The summed E-state index contributed by atoms with van der Waals surface area (Å²) in [6.45, 7) is 2.09. The van der Waals surface area contributed by atoms with Crippen molar-refractivity contribution in [2.24, 2.45) is 5.73 Å². The molecule has 4 heteroatoms. The zero-order valence-electron chi connectivity index (χ0n) is 11.6. The van der Waals surface area contributed by atoms with Crippen LogP contribution in [0.4, 0.5) is 14.5 Å². The SMILES string of the molecule is CC(N)c1cccc(F)c1N(C)Cc1ccccc1F. The molecule has 2 N–H and O–H groups in total. The zero-order chi connectivity index (χ0) is 14.7. The molecule has 20 heavy (non-hydrogen) atoms. The lowest BCUT2D eigenvalue weighted by molar-refractivity contribution is 0.598. The number of anilines is 1. The molecule has 106 valence electrons. The van der Waals surface area contributed by atoms with Gasteiger partial charge in [-0.2, -0.15) is 0 Å². The molecule has 0 heterocycles. The maximum absolute atomic E-state index is 14.1. The first kappa shape index (κ1) is 14.5. The highest BCUT2D eigenvalue weighted by atomic mass is 19.1. The molecule has 0 aromatic heterocycles. The van der Waals surface area contributed by atoms with Gasteiger partial charge in [-0.3, -0.25) is 0 Å². The summed E-state index contributed by atoms with van der Waals surface area (Å²) in [6, 6.07) is 11.0. The predicted octanol–water partition coefficient (Wildman–Crippen LogP) is 3.62. The van der Waals surface area contributed by atoms with Gasteiger partial charge < -0.3 is 10.6 Å². The van der Waals surface area contributed by atoms with Crippen molar-refractivity contribution in [1.82, 2.24) is 0 Å². The first-order valence-electron chi connectivity index (χ1n) is 6.49. The van der Waals surface area contributed by atoms with Gasteiger partial charge in [-0.25, -0.2) is 8.78 Å². The Bertz CT molecular complexity index is 597. The predicted molar refractivity (Wildman–Crippen MR) is 77.5 cm³/mol. The number of rotatable bonds is 4. The second kappa shape index (κ2) is 6.01. The number of halogens is 2. The van der Waals surface area contributed by atoms with E-state index in [-0.39, 0.29) is 24.2 Å². The molecule has 0 bridgehead atoms. The van der Waals surface area contributed by atoms with Crippen molar-refractivity contribution in [3.8, 4) is 0 Å². The normalized spacial score (nSPS) is 12.2. The monoisotopic (exact) mass is 276 g/mol. The van der Waals surface area contributed by atoms with Gasteiger partial charge in [-0.1, -0.05) is 30.3 Å². The van der Waals surface area contributed by atoms with Crippen LogP contribution in [-0.2, 0) is 6.54 Å². The molecule has 2 nitrogen and oxygen atoms in total. The lowest BCUT2D eigenvalue weighted by Crippen LogP contribution is -2.22. The van der Waals surface area contributed by atoms with Gasteiger partial charge in [0.25, 0.3) is 0 Å². The Kier molecular flexibility index (Phi) is 4.35. The number of hydrogen-bond donors (Lipinski definition) is 1. The summed E-state index contributed by atoms with van der Waals surface area (Å²) in [5, 5.41) is 0. The maximum Gasteiger partial charge on any atom is 0.146 e. The van der Waals surface area contributed by atoms with E-state index in [2.05, 4.69) is 0 Å². The smallest absolute Gasteiger partial charge is 0.146 e. The van der Waals surface area contributed by atoms with Crippen LogP contribution in [0.2, 0.25) is 0 Å². The molecule has 0 amide bonds. The molecule has 0 fully saturated rings. The second-order valence-electron chi connectivity index (χ2n) is 4.91. The molecule has 0 aliphatic carbocycles. The molecule has 0 radical (unpaired) electrons. The summed E-state index contributed by atoms with van der Waals surface area (Å²) in [7, 11) is 1.73. The topological polar surface area (TPSA) is 29.3 Å². The highest BCUT2D eigenvalue weighted by Crippen LogP contribution is 2.28. The van der Waals surface area contributed by atoms with Crippen LogP contribution < -0.4 is 10.6 Å². The van der Waals surface area contributed by atoms with E-state index in [1.807, 2.05) is 0 Å². The van der Waals surface area contributed by atoms with E-state index in [0.29, 0.717) is 16.8 Å². The Morgan fingerprint density at radius 2 is 1.70 bits per heavy atom. The van der Waals surface area contributed by atoms with Gasteiger partial charge in [-0.15, -0.1) is 0 Å². The van der Waals surface area contributed by atoms with E-state index in [1.165, 1.54) is 12.1 Å². The Morgan fingerprint density at radius 3 is 2.35 bits per heavy atom.